The van der Waals surface area contributed by atoms with Gasteiger partial charge < -0.3 is 44.8 Å². The molecule has 1 aliphatic heterocycles. The topological polar surface area (TPSA) is 166 Å². The molecular weight excluding hydrogens is 400 g/mol. The summed E-state index contributed by atoms with van der Waals surface area (Å²) in [6.07, 6.45) is -7.57. The van der Waals surface area contributed by atoms with Crippen LogP contribution in [0.2, 0.25) is 0 Å². The van der Waals surface area contributed by atoms with Gasteiger partial charge in [0, 0.05) is 11.6 Å². The van der Waals surface area contributed by atoms with Crippen molar-refractivity contribution in [2.75, 3.05) is 13.7 Å². The Labute approximate surface area is 171 Å². The van der Waals surface area contributed by atoms with E-state index >= 15 is 0 Å². The Kier molecular flexibility index (Phi) is 6.44. The zero-order valence-electron chi connectivity index (χ0n) is 15.9. The number of carbonyl (C=O) groups is 1. The molecule has 0 aromatic heterocycles. The number of carbonyl (C=O) groups excluding carboxylic acids is 1. The summed E-state index contributed by atoms with van der Waals surface area (Å²) in [6.45, 7) is -0.637. The van der Waals surface area contributed by atoms with Gasteiger partial charge in [0.1, 0.15) is 35.9 Å². The molecule has 0 unspecified atom stereocenters. The van der Waals surface area contributed by atoms with E-state index in [1.807, 2.05) is 0 Å². The largest absolute Gasteiger partial charge is 0.508 e. The Balaban J connectivity index is 1.93. The van der Waals surface area contributed by atoms with Crippen molar-refractivity contribution in [1.82, 2.24) is 0 Å². The summed E-state index contributed by atoms with van der Waals surface area (Å²) in [6, 6.07) is 7.69. The maximum atomic E-state index is 12.8. The highest BCUT2D eigenvalue weighted by molar-refractivity contribution is 6.11. The molecule has 0 saturated carbocycles. The fourth-order valence-electron chi connectivity index (χ4n) is 3.04. The summed E-state index contributed by atoms with van der Waals surface area (Å²) < 4.78 is 16.0. The van der Waals surface area contributed by atoms with Gasteiger partial charge in [-0.1, -0.05) is 0 Å². The molecule has 0 amide bonds. The molecule has 162 valence electrons. The number of ether oxygens (including phenoxy) is 3. The molecule has 1 fully saturated rings. The molecule has 2 aromatic rings. The summed E-state index contributed by atoms with van der Waals surface area (Å²) in [5.41, 5.74) is 0.0353. The van der Waals surface area contributed by atoms with Gasteiger partial charge in [0.15, 0.2) is 17.3 Å². The molecule has 6 N–H and O–H groups in total. The van der Waals surface area contributed by atoms with Gasteiger partial charge in [0.05, 0.1) is 19.3 Å². The van der Waals surface area contributed by atoms with Crippen LogP contribution in [0.3, 0.4) is 0 Å². The minimum absolute atomic E-state index is 0.00622. The summed E-state index contributed by atoms with van der Waals surface area (Å²) in [5, 5.41) is 58.9. The monoisotopic (exact) mass is 422 g/mol. The first-order chi connectivity index (χ1) is 14.3. The number of ketones is 1. The van der Waals surface area contributed by atoms with Crippen LogP contribution in [0, 0.1) is 0 Å². The minimum Gasteiger partial charge on any atom is -0.508 e. The van der Waals surface area contributed by atoms with Crippen molar-refractivity contribution in [1.29, 1.82) is 0 Å². The van der Waals surface area contributed by atoms with Crippen molar-refractivity contribution in [2.45, 2.75) is 30.7 Å². The number of aliphatic hydroxyl groups is 4. The average molecular weight is 422 g/mol. The number of phenols is 2. The highest BCUT2D eigenvalue weighted by Gasteiger charge is 2.45. The number of phenolic OH excluding ortho intramolecular Hbond substituents is 2. The maximum absolute atomic E-state index is 12.8. The standard InChI is InChI=1S/C20H22O10/c1-28-13-7-12(23)11(16(24)9-2-4-10(22)5-3-9)6-14(13)29-20-19(27)18(26)17(25)15(8-21)30-20/h2-7,15,17-23,25-27H,8H2,1H3/t15-,17-,18+,19-,20-/m1/s1. The summed E-state index contributed by atoms with van der Waals surface area (Å²) in [5.74, 6) is -1.09. The lowest BCUT2D eigenvalue weighted by Gasteiger charge is -2.39. The first kappa shape index (κ1) is 21.8. The van der Waals surface area contributed by atoms with Crippen molar-refractivity contribution in [3.63, 3.8) is 0 Å². The van der Waals surface area contributed by atoms with E-state index < -0.39 is 48.8 Å². The van der Waals surface area contributed by atoms with Crippen LogP contribution in [0.1, 0.15) is 15.9 Å². The Morgan fingerprint density at radius 2 is 1.67 bits per heavy atom. The van der Waals surface area contributed by atoms with E-state index in [2.05, 4.69) is 0 Å². The van der Waals surface area contributed by atoms with Crippen molar-refractivity contribution < 1.29 is 49.6 Å². The van der Waals surface area contributed by atoms with Crippen LogP contribution in [0.5, 0.6) is 23.0 Å². The Morgan fingerprint density at radius 1 is 1.00 bits per heavy atom. The van der Waals surface area contributed by atoms with E-state index in [1.165, 1.54) is 37.4 Å². The van der Waals surface area contributed by atoms with Crippen LogP contribution in [-0.4, -0.2) is 80.8 Å². The number of rotatable bonds is 6. The predicted octanol–water partition coefficient (Wildman–Crippen LogP) is -0.484. The van der Waals surface area contributed by atoms with Gasteiger partial charge in [0.25, 0.3) is 0 Å². The average Bonchev–Trinajstić information content (AvgIpc) is 2.74. The van der Waals surface area contributed by atoms with Crippen molar-refractivity contribution in [3.05, 3.63) is 47.5 Å². The number of benzene rings is 2. The third-order valence-electron chi connectivity index (χ3n) is 4.75. The Bertz CT molecular complexity index is 895. The van der Waals surface area contributed by atoms with Gasteiger partial charge in [-0.2, -0.15) is 0 Å². The third kappa shape index (κ3) is 4.18. The third-order valence-corrected chi connectivity index (χ3v) is 4.75. The van der Waals surface area contributed by atoms with Gasteiger partial charge in [-0.25, -0.2) is 0 Å². The van der Waals surface area contributed by atoms with Crippen LogP contribution in [0.15, 0.2) is 36.4 Å². The predicted molar refractivity (Wildman–Crippen MR) is 101 cm³/mol. The Hall–Kier alpha value is -2.89. The summed E-state index contributed by atoms with van der Waals surface area (Å²) in [4.78, 5) is 12.8. The molecule has 1 heterocycles. The zero-order chi connectivity index (χ0) is 22.0. The Morgan fingerprint density at radius 3 is 2.27 bits per heavy atom. The van der Waals surface area contributed by atoms with Crippen molar-refractivity contribution in [3.8, 4) is 23.0 Å². The molecule has 0 spiro atoms. The van der Waals surface area contributed by atoms with Crippen molar-refractivity contribution >= 4 is 5.78 Å². The molecule has 1 aliphatic rings. The molecule has 10 nitrogen and oxygen atoms in total. The van der Waals surface area contributed by atoms with Gasteiger partial charge in [-0.15, -0.1) is 0 Å². The first-order valence-electron chi connectivity index (χ1n) is 8.98. The highest BCUT2D eigenvalue weighted by atomic mass is 16.7. The molecule has 5 atom stereocenters. The number of methoxy groups -OCH3 is 1. The highest BCUT2D eigenvalue weighted by Crippen LogP contribution is 2.37. The molecule has 30 heavy (non-hydrogen) atoms. The van der Waals surface area contributed by atoms with E-state index in [-0.39, 0.29) is 28.4 Å². The lowest BCUT2D eigenvalue weighted by Crippen LogP contribution is -2.60. The second kappa shape index (κ2) is 8.86. The van der Waals surface area contributed by atoms with Gasteiger partial charge in [-0.05, 0) is 30.3 Å². The summed E-state index contributed by atoms with van der Waals surface area (Å²) in [7, 11) is 1.29. The number of aromatic hydroxyl groups is 2. The van der Waals surface area contributed by atoms with Crippen LogP contribution in [-0.2, 0) is 4.74 Å². The second-order valence-electron chi connectivity index (χ2n) is 6.71. The first-order valence-corrected chi connectivity index (χ1v) is 8.98. The molecule has 1 saturated heterocycles. The lowest BCUT2D eigenvalue weighted by molar-refractivity contribution is -0.277. The minimum atomic E-state index is -1.67. The van der Waals surface area contributed by atoms with Gasteiger partial charge in [0.2, 0.25) is 6.29 Å². The van der Waals surface area contributed by atoms with Crippen LogP contribution in [0.4, 0.5) is 0 Å². The van der Waals surface area contributed by atoms with Crippen LogP contribution < -0.4 is 9.47 Å². The number of hydrogen-bond donors (Lipinski definition) is 6. The normalized spacial score (nSPS) is 26.2. The number of hydrogen-bond acceptors (Lipinski definition) is 10. The van der Waals surface area contributed by atoms with Gasteiger partial charge in [-0.3, -0.25) is 4.79 Å². The molecular formula is C20H22O10. The molecule has 0 aliphatic carbocycles. The van der Waals surface area contributed by atoms with Gasteiger partial charge >= 0.3 is 0 Å². The van der Waals surface area contributed by atoms with E-state index in [4.69, 9.17) is 14.2 Å². The lowest BCUT2D eigenvalue weighted by atomic mass is 9.99. The van der Waals surface area contributed by atoms with E-state index in [0.29, 0.717) is 0 Å². The molecule has 2 aromatic carbocycles. The fraction of sp³-hybridized carbons (Fsp3) is 0.350. The molecule has 10 heteroatoms. The second-order valence-corrected chi connectivity index (χ2v) is 6.71. The van der Waals surface area contributed by atoms with Crippen LogP contribution >= 0.6 is 0 Å². The molecule has 0 radical (unpaired) electrons. The quantitative estimate of drug-likeness (QED) is 0.335. The van der Waals surface area contributed by atoms with Crippen molar-refractivity contribution in [2.24, 2.45) is 0 Å². The SMILES string of the molecule is COc1cc(O)c(C(=O)c2ccc(O)cc2)cc1O[C@@H]1O[C@H](CO)[C@@H](O)[C@H](O)[C@H]1O. The van der Waals surface area contributed by atoms with Crippen LogP contribution in [0.25, 0.3) is 0 Å². The van der Waals surface area contributed by atoms with E-state index in [9.17, 15) is 35.4 Å². The number of aliphatic hydroxyl groups excluding tert-OH is 4. The van der Waals surface area contributed by atoms with E-state index in [0.717, 1.165) is 6.07 Å². The molecule has 0 bridgehead atoms. The zero-order valence-corrected chi connectivity index (χ0v) is 15.9. The summed E-state index contributed by atoms with van der Waals surface area (Å²) >= 11 is 0. The smallest absolute Gasteiger partial charge is 0.229 e. The fourth-order valence-corrected chi connectivity index (χ4v) is 3.04. The molecule has 3 rings (SSSR count). The van der Waals surface area contributed by atoms with E-state index in [1.54, 1.807) is 0 Å². The maximum Gasteiger partial charge on any atom is 0.229 e.